The van der Waals surface area contributed by atoms with Crippen LogP contribution in [0.3, 0.4) is 0 Å². The molecule has 0 amide bonds. The highest BCUT2D eigenvalue weighted by Crippen LogP contribution is 2.37. The monoisotopic (exact) mass is 862 g/mol. The number of halogens is 4. The molecule has 14 nitrogen and oxygen atoms in total. The van der Waals surface area contributed by atoms with Crippen molar-refractivity contribution < 1.29 is 27.7 Å². The third kappa shape index (κ3) is 10.1. The molecule has 0 radical (unpaired) electrons. The van der Waals surface area contributed by atoms with E-state index in [9.17, 15) is 8.78 Å². The molecule has 0 atom stereocenters. The number of hydrogen-bond donors (Lipinski definition) is 2. The average molecular weight is 864 g/mol. The number of aromatic nitrogens is 7. The highest BCUT2D eigenvalue weighted by molar-refractivity contribution is 6.31. The van der Waals surface area contributed by atoms with E-state index >= 15 is 0 Å². The van der Waals surface area contributed by atoms with E-state index in [0.717, 1.165) is 11.4 Å². The lowest BCUT2D eigenvalue weighted by Gasteiger charge is -2.14. The van der Waals surface area contributed by atoms with Crippen LogP contribution < -0.4 is 29.6 Å². The number of rotatable bonds is 13. The van der Waals surface area contributed by atoms with Crippen LogP contribution in [0.25, 0.3) is 21.8 Å². The molecule has 61 heavy (non-hydrogen) atoms. The Bertz CT molecular complexity index is 2900. The highest BCUT2D eigenvalue weighted by Gasteiger charge is 2.16. The lowest BCUT2D eigenvalue weighted by molar-refractivity contribution is 0.285. The molecule has 0 aliphatic carbocycles. The van der Waals surface area contributed by atoms with Crippen LogP contribution in [0.15, 0.2) is 104 Å². The number of benzene rings is 4. The summed E-state index contributed by atoms with van der Waals surface area (Å²) in [6.45, 7) is 0.643. The summed E-state index contributed by atoms with van der Waals surface area (Å²) in [6, 6.07) is 21.1. The highest BCUT2D eigenvalue weighted by atomic mass is 35.5. The Morgan fingerprint density at radius 2 is 1.25 bits per heavy atom. The van der Waals surface area contributed by atoms with E-state index in [2.05, 4.69) is 40.5 Å². The van der Waals surface area contributed by atoms with Crippen molar-refractivity contribution in [1.82, 2.24) is 34.5 Å². The van der Waals surface area contributed by atoms with Crippen molar-refractivity contribution in [1.29, 1.82) is 5.26 Å². The quantitative estimate of drug-likeness (QED) is 0.113. The molecule has 8 rings (SSSR count). The van der Waals surface area contributed by atoms with Gasteiger partial charge in [-0.05, 0) is 66.2 Å². The molecule has 0 aliphatic heterocycles. The zero-order valence-corrected chi connectivity index (χ0v) is 34.2. The summed E-state index contributed by atoms with van der Waals surface area (Å²) < 4.78 is 53.1. The molecule has 0 saturated carbocycles. The van der Waals surface area contributed by atoms with Gasteiger partial charge >= 0.3 is 0 Å². The van der Waals surface area contributed by atoms with Crippen molar-refractivity contribution in [3.05, 3.63) is 143 Å². The smallest absolute Gasteiger partial charge is 0.163 e. The number of methoxy groups -OCH3 is 2. The number of anilines is 4. The number of nitrogens with one attached hydrogen (secondary N) is 2. The zero-order chi connectivity index (χ0) is 42.9. The molecule has 0 saturated heterocycles. The van der Waals surface area contributed by atoms with Crippen LogP contribution >= 0.6 is 23.2 Å². The summed E-state index contributed by atoms with van der Waals surface area (Å²) in [6.07, 6.45) is 8.62. The number of nitriles is 1. The van der Waals surface area contributed by atoms with Gasteiger partial charge in [0.1, 0.15) is 60.1 Å². The van der Waals surface area contributed by atoms with Gasteiger partial charge in [0.25, 0.3) is 0 Å². The van der Waals surface area contributed by atoms with Crippen LogP contribution in [0.1, 0.15) is 17.1 Å². The number of aryl methyl sites for hydroxylation is 1. The van der Waals surface area contributed by atoms with Crippen molar-refractivity contribution in [3.63, 3.8) is 0 Å². The van der Waals surface area contributed by atoms with Crippen LogP contribution in [0.4, 0.5) is 31.8 Å². The van der Waals surface area contributed by atoms with Crippen molar-refractivity contribution >= 4 is 68.0 Å². The molecule has 4 aromatic heterocycles. The van der Waals surface area contributed by atoms with Gasteiger partial charge in [0.05, 0.1) is 43.2 Å². The van der Waals surface area contributed by atoms with Crippen molar-refractivity contribution in [2.45, 2.75) is 13.0 Å². The van der Waals surface area contributed by atoms with Gasteiger partial charge in [-0.3, -0.25) is 0 Å². The van der Waals surface area contributed by atoms with Gasteiger partial charge in [0.2, 0.25) is 0 Å². The van der Waals surface area contributed by atoms with E-state index in [4.69, 9.17) is 47.4 Å². The standard InChI is InChI=1S/C22H15ClFN5O2.C21H19ClFN5O2/c1-30-20-8-16-19(9-21(20)31-11-13-4-5-26-15(6-13)10-25)27-12-28-22(16)29-18-3-2-14(23)7-17(18)24;1-28-7-6-24-20(28)5-8-30-19-11-17-14(10-18(19)29-2)21(26-12-25-17)27-16-4-3-13(22)9-15(16)23/h2-9,12H,11H2,1H3,(H,27,28,29);3-4,6-7,9-12H,5,8H2,1-2H3,(H,25,26,27). The van der Waals surface area contributed by atoms with Crippen molar-refractivity contribution in [2.24, 2.45) is 7.05 Å². The predicted molar refractivity (Wildman–Crippen MR) is 227 cm³/mol. The van der Waals surface area contributed by atoms with E-state index in [1.165, 1.54) is 38.0 Å². The summed E-state index contributed by atoms with van der Waals surface area (Å²) >= 11 is 11.6. The van der Waals surface area contributed by atoms with E-state index in [0.29, 0.717) is 85.2 Å². The third-order valence-corrected chi connectivity index (χ3v) is 9.52. The average Bonchev–Trinajstić information content (AvgIpc) is 3.68. The Hall–Kier alpha value is -7.35. The second kappa shape index (κ2) is 19.1. The Morgan fingerprint density at radius 1 is 0.672 bits per heavy atom. The first-order valence-corrected chi connectivity index (χ1v) is 19.0. The minimum Gasteiger partial charge on any atom is -0.493 e. The fourth-order valence-electron chi connectivity index (χ4n) is 5.98. The molecule has 4 aromatic carbocycles. The van der Waals surface area contributed by atoms with Crippen LogP contribution in [0, 0.1) is 23.0 Å². The van der Waals surface area contributed by atoms with Gasteiger partial charge in [-0.1, -0.05) is 23.2 Å². The largest absolute Gasteiger partial charge is 0.493 e. The summed E-state index contributed by atoms with van der Waals surface area (Å²) in [5.74, 6) is 2.80. The first-order valence-electron chi connectivity index (χ1n) is 18.3. The van der Waals surface area contributed by atoms with Crippen molar-refractivity contribution in [2.75, 3.05) is 31.5 Å². The van der Waals surface area contributed by atoms with Crippen LogP contribution in [0.2, 0.25) is 10.0 Å². The van der Waals surface area contributed by atoms with E-state index in [-0.39, 0.29) is 18.0 Å². The molecule has 4 heterocycles. The lowest BCUT2D eigenvalue weighted by Crippen LogP contribution is -2.07. The predicted octanol–water partition coefficient (Wildman–Crippen LogP) is 9.55. The number of hydrogen-bond acceptors (Lipinski definition) is 13. The van der Waals surface area contributed by atoms with Crippen LogP contribution in [-0.4, -0.2) is 55.3 Å². The van der Waals surface area contributed by atoms with E-state index < -0.39 is 11.6 Å². The Morgan fingerprint density at radius 3 is 1.75 bits per heavy atom. The maximum absolute atomic E-state index is 14.2. The van der Waals surface area contributed by atoms with E-state index in [1.54, 1.807) is 74.1 Å². The van der Waals surface area contributed by atoms with Gasteiger partial charge in [-0.25, -0.2) is 38.7 Å². The van der Waals surface area contributed by atoms with Gasteiger partial charge in [-0.15, -0.1) is 0 Å². The second-order valence-corrected chi connectivity index (χ2v) is 13.9. The number of imidazole rings is 1. The molecule has 8 aromatic rings. The SMILES string of the molecule is COc1cc2c(Nc3ccc(Cl)cc3F)ncnc2cc1OCCc1nccn1C.COc1cc2c(Nc3ccc(Cl)cc3F)ncnc2cc1OCc1ccnc(C#N)c1. The summed E-state index contributed by atoms with van der Waals surface area (Å²) in [5, 5.41) is 16.8. The minimum absolute atomic E-state index is 0.214. The third-order valence-electron chi connectivity index (χ3n) is 9.05. The fourth-order valence-corrected chi connectivity index (χ4v) is 6.30. The molecule has 2 N–H and O–H groups in total. The molecule has 308 valence electrons. The summed E-state index contributed by atoms with van der Waals surface area (Å²) in [5.41, 5.74) is 2.80. The van der Waals surface area contributed by atoms with E-state index in [1.807, 2.05) is 23.9 Å². The zero-order valence-electron chi connectivity index (χ0n) is 32.7. The Balaban J connectivity index is 0.000000184. The van der Waals surface area contributed by atoms with Gasteiger partial charge < -0.3 is 34.1 Å². The summed E-state index contributed by atoms with van der Waals surface area (Å²) in [7, 11) is 5.01. The van der Waals surface area contributed by atoms with Crippen LogP contribution in [-0.2, 0) is 20.1 Å². The van der Waals surface area contributed by atoms with Gasteiger partial charge in [0.15, 0.2) is 23.0 Å². The fraction of sp³-hybridized carbons (Fsp3) is 0.140. The lowest BCUT2D eigenvalue weighted by atomic mass is 10.2. The Kier molecular flexibility index (Phi) is 13.1. The Labute approximate surface area is 357 Å². The number of pyridine rings is 1. The van der Waals surface area contributed by atoms with Gasteiger partial charge in [-0.2, -0.15) is 5.26 Å². The number of fused-ring (bicyclic) bond motifs is 2. The molecule has 0 aliphatic rings. The minimum atomic E-state index is -0.500. The number of nitrogens with zero attached hydrogens (tertiary/aromatic N) is 8. The normalized spacial score (nSPS) is 10.7. The molecule has 0 fully saturated rings. The molecule has 0 spiro atoms. The molecular formula is C43H34Cl2F2N10O4. The maximum Gasteiger partial charge on any atom is 0.163 e. The maximum atomic E-state index is 14.2. The molecule has 18 heteroatoms. The first-order chi connectivity index (χ1) is 29.6. The molecule has 0 unspecified atom stereocenters. The molecule has 0 bridgehead atoms. The second-order valence-electron chi connectivity index (χ2n) is 13.0. The van der Waals surface area contributed by atoms with Crippen LogP contribution in [0.5, 0.6) is 23.0 Å². The number of ether oxygens (including phenoxy) is 4. The summed E-state index contributed by atoms with van der Waals surface area (Å²) in [4.78, 5) is 25.3. The molecular weight excluding hydrogens is 829 g/mol. The van der Waals surface area contributed by atoms with Crippen molar-refractivity contribution in [3.8, 4) is 29.1 Å². The first kappa shape index (κ1) is 41.8. The van der Waals surface area contributed by atoms with Gasteiger partial charge in [0, 0.05) is 65.0 Å². The topological polar surface area (TPSA) is 167 Å².